The van der Waals surface area contributed by atoms with Crippen molar-refractivity contribution in [2.75, 3.05) is 4.90 Å². The highest BCUT2D eigenvalue weighted by Crippen LogP contribution is 2.47. The standard InChI is InChI=1S/C25H19BrCl2N2O4/c26-17-8-6-16(7-9-17)25(33)14-22(15-4-2-1-3-5-15)30(34-25)21-13-23(31)29(24(21)32)18-10-11-19(27)20(28)12-18/h1-12,21-22,33H,13-14H2/t21-,22-,25-/m0/s1. The fraction of sp³-hybridized carbons (Fsp3) is 0.200. The Morgan fingerprint density at radius 3 is 2.32 bits per heavy atom. The lowest BCUT2D eigenvalue weighted by molar-refractivity contribution is -0.303. The van der Waals surface area contributed by atoms with Crippen LogP contribution in [0.2, 0.25) is 10.0 Å². The van der Waals surface area contributed by atoms with E-state index in [1.54, 1.807) is 24.3 Å². The third-order valence-electron chi connectivity index (χ3n) is 6.10. The van der Waals surface area contributed by atoms with Crippen LogP contribution in [0.1, 0.15) is 30.0 Å². The Morgan fingerprint density at radius 2 is 1.65 bits per heavy atom. The van der Waals surface area contributed by atoms with Gasteiger partial charge in [0.15, 0.2) is 0 Å². The zero-order valence-electron chi connectivity index (χ0n) is 17.7. The summed E-state index contributed by atoms with van der Waals surface area (Å²) in [7, 11) is 0. The molecule has 5 rings (SSSR count). The number of hydroxylamine groups is 2. The highest BCUT2D eigenvalue weighted by atomic mass is 79.9. The number of imide groups is 1. The van der Waals surface area contributed by atoms with Crippen molar-refractivity contribution in [3.05, 3.63) is 98.4 Å². The van der Waals surface area contributed by atoms with E-state index >= 15 is 0 Å². The van der Waals surface area contributed by atoms with Crippen LogP contribution in [-0.4, -0.2) is 28.0 Å². The monoisotopic (exact) mass is 560 g/mol. The lowest BCUT2D eigenvalue weighted by Gasteiger charge is -2.28. The van der Waals surface area contributed by atoms with Gasteiger partial charge in [0, 0.05) is 16.5 Å². The van der Waals surface area contributed by atoms with E-state index in [0.29, 0.717) is 16.3 Å². The molecule has 2 aliphatic heterocycles. The van der Waals surface area contributed by atoms with Crippen LogP contribution in [0.25, 0.3) is 0 Å². The number of rotatable bonds is 4. The van der Waals surface area contributed by atoms with Crippen LogP contribution in [0.3, 0.4) is 0 Å². The van der Waals surface area contributed by atoms with Gasteiger partial charge in [-0.2, -0.15) is 5.06 Å². The molecule has 0 spiro atoms. The number of halogens is 3. The summed E-state index contributed by atoms with van der Waals surface area (Å²) in [6.45, 7) is 0. The Morgan fingerprint density at radius 1 is 0.941 bits per heavy atom. The van der Waals surface area contributed by atoms with Crippen LogP contribution >= 0.6 is 39.1 Å². The van der Waals surface area contributed by atoms with Crippen molar-refractivity contribution in [3.63, 3.8) is 0 Å². The fourth-order valence-electron chi connectivity index (χ4n) is 4.44. The molecule has 0 unspecified atom stereocenters. The molecular formula is C25H19BrCl2N2O4. The van der Waals surface area contributed by atoms with E-state index in [0.717, 1.165) is 14.9 Å². The first-order valence-corrected chi connectivity index (χ1v) is 12.1. The number of amides is 2. The average molecular weight is 562 g/mol. The van der Waals surface area contributed by atoms with Gasteiger partial charge >= 0.3 is 0 Å². The van der Waals surface area contributed by atoms with Crippen LogP contribution < -0.4 is 4.90 Å². The highest BCUT2D eigenvalue weighted by Gasteiger charge is 2.54. The maximum absolute atomic E-state index is 13.5. The fourth-order valence-corrected chi connectivity index (χ4v) is 5.00. The number of aliphatic hydroxyl groups is 1. The van der Waals surface area contributed by atoms with Gasteiger partial charge in [0.25, 0.3) is 5.91 Å². The van der Waals surface area contributed by atoms with E-state index in [2.05, 4.69) is 15.9 Å². The van der Waals surface area contributed by atoms with Crippen molar-refractivity contribution in [3.8, 4) is 0 Å². The first kappa shape index (κ1) is 23.5. The summed E-state index contributed by atoms with van der Waals surface area (Å²) >= 11 is 15.5. The topological polar surface area (TPSA) is 70.1 Å². The minimum Gasteiger partial charge on any atom is -0.361 e. The third kappa shape index (κ3) is 4.17. The summed E-state index contributed by atoms with van der Waals surface area (Å²) in [5.74, 6) is -2.51. The summed E-state index contributed by atoms with van der Waals surface area (Å²) in [6, 6.07) is 19.9. The molecule has 1 N–H and O–H groups in total. The Hall–Kier alpha value is -2.26. The van der Waals surface area contributed by atoms with Gasteiger partial charge in [-0.05, 0) is 35.9 Å². The molecule has 174 valence electrons. The quantitative estimate of drug-likeness (QED) is 0.419. The Kier molecular flexibility index (Phi) is 6.27. The van der Waals surface area contributed by atoms with Crippen LogP contribution in [0.5, 0.6) is 0 Å². The minimum absolute atomic E-state index is 0.0984. The first-order chi connectivity index (χ1) is 16.3. The molecule has 2 fully saturated rings. The van der Waals surface area contributed by atoms with Gasteiger partial charge in [-0.15, -0.1) is 0 Å². The lowest BCUT2D eigenvalue weighted by Crippen LogP contribution is -2.42. The summed E-state index contributed by atoms with van der Waals surface area (Å²) in [5, 5.41) is 13.5. The molecule has 9 heteroatoms. The number of anilines is 1. The molecule has 0 bridgehead atoms. The molecular weight excluding hydrogens is 543 g/mol. The normalized spacial score (nSPS) is 25.4. The number of hydrogen-bond donors (Lipinski definition) is 1. The van der Waals surface area contributed by atoms with Gasteiger partial charge in [-0.3, -0.25) is 14.4 Å². The molecule has 2 heterocycles. The van der Waals surface area contributed by atoms with Crippen molar-refractivity contribution < 1.29 is 19.5 Å². The highest BCUT2D eigenvalue weighted by molar-refractivity contribution is 9.10. The van der Waals surface area contributed by atoms with E-state index in [1.807, 2.05) is 42.5 Å². The molecule has 3 aromatic rings. The van der Waals surface area contributed by atoms with Crippen LogP contribution in [0.15, 0.2) is 77.3 Å². The second-order valence-electron chi connectivity index (χ2n) is 8.26. The number of carbonyl (C=O) groups excluding carboxylic acids is 2. The maximum Gasteiger partial charge on any atom is 0.254 e. The Labute approximate surface area is 214 Å². The van der Waals surface area contributed by atoms with Gasteiger partial charge in [0.1, 0.15) is 6.04 Å². The average Bonchev–Trinajstić information content (AvgIpc) is 3.33. The number of hydrogen-bond acceptors (Lipinski definition) is 5. The zero-order valence-corrected chi connectivity index (χ0v) is 20.8. The van der Waals surface area contributed by atoms with Gasteiger partial charge in [-0.1, -0.05) is 81.6 Å². The molecule has 0 aliphatic carbocycles. The second kappa shape index (κ2) is 9.07. The molecule has 0 saturated carbocycles. The van der Waals surface area contributed by atoms with Crippen molar-refractivity contribution in [1.29, 1.82) is 0 Å². The molecule has 2 amide bonds. The molecule has 3 atom stereocenters. The van der Waals surface area contributed by atoms with Crippen LogP contribution in [-0.2, 0) is 20.2 Å². The lowest BCUT2D eigenvalue weighted by atomic mass is 9.94. The Bertz CT molecular complexity index is 1260. The molecule has 34 heavy (non-hydrogen) atoms. The smallest absolute Gasteiger partial charge is 0.254 e. The van der Waals surface area contributed by atoms with E-state index in [9.17, 15) is 14.7 Å². The number of carbonyl (C=O) groups is 2. The zero-order chi connectivity index (χ0) is 24.0. The van der Waals surface area contributed by atoms with Crippen molar-refractivity contribution in [1.82, 2.24) is 5.06 Å². The SMILES string of the molecule is O=C1C[C@H](N2O[C@](O)(c3ccc(Br)cc3)C[C@H]2c2ccccc2)C(=O)N1c1ccc(Cl)c(Cl)c1. The molecule has 2 saturated heterocycles. The van der Waals surface area contributed by atoms with Crippen LogP contribution in [0.4, 0.5) is 5.69 Å². The van der Waals surface area contributed by atoms with Gasteiger partial charge in [0.05, 0.1) is 28.2 Å². The van der Waals surface area contributed by atoms with Crippen molar-refractivity contribution in [2.45, 2.75) is 30.7 Å². The molecule has 3 aromatic carbocycles. The summed E-state index contributed by atoms with van der Waals surface area (Å²) in [6.07, 6.45) is 0.0855. The second-order valence-corrected chi connectivity index (χ2v) is 9.99. The minimum atomic E-state index is -1.67. The van der Waals surface area contributed by atoms with Crippen molar-refractivity contribution in [2.24, 2.45) is 0 Å². The van der Waals surface area contributed by atoms with Crippen LogP contribution in [0, 0.1) is 0 Å². The van der Waals surface area contributed by atoms with E-state index in [-0.39, 0.29) is 23.8 Å². The number of benzene rings is 3. The van der Waals surface area contributed by atoms with Gasteiger partial charge < -0.3 is 5.11 Å². The van der Waals surface area contributed by atoms with Gasteiger partial charge in [0.2, 0.25) is 11.7 Å². The molecule has 6 nitrogen and oxygen atoms in total. The summed E-state index contributed by atoms with van der Waals surface area (Å²) in [5.41, 5.74) is 1.76. The number of nitrogens with zero attached hydrogens (tertiary/aromatic N) is 2. The van der Waals surface area contributed by atoms with E-state index in [1.165, 1.54) is 11.1 Å². The summed E-state index contributed by atoms with van der Waals surface area (Å²) < 4.78 is 0.864. The van der Waals surface area contributed by atoms with E-state index < -0.39 is 23.8 Å². The maximum atomic E-state index is 13.5. The molecule has 0 aromatic heterocycles. The molecule has 0 radical (unpaired) electrons. The predicted octanol–water partition coefficient (Wildman–Crippen LogP) is 5.61. The summed E-state index contributed by atoms with van der Waals surface area (Å²) in [4.78, 5) is 33.6. The predicted molar refractivity (Wildman–Crippen MR) is 132 cm³/mol. The van der Waals surface area contributed by atoms with Crippen molar-refractivity contribution >= 4 is 56.6 Å². The third-order valence-corrected chi connectivity index (χ3v) is 7.37. The van der Waals surface area contributed by atoms with E-state index in [4.69, 9.17) is 28.0 Å². The largest absolute Gasteiger partial charge is 0.361 e. The Balaban J connectivity index is 1.51. The van der Waals surface area contributed by atoms with Gasteiger partial charge in [-0.25, -0.2) is 4.90 Å². The first-order valence-electron chi connectivity index (χ1n) is 10.6. The molecule has 2 aliphatic rings.